The van der Waals surface area contributed by atoms with Crippen LogP contribution in [0.3, 0.4) is 0 Å². The van der Waals surface area contributed by atoms with Crippen LogP contribution in [0.5, 0.6) is 0 Å². The largest absolute Gasteiger partial charge is 0.375 e. The van der Waals surface area contributed by atoms with Crippen LogP contribution < -0.4 is 5.32 Å². The molecule has 1 saturated heterocycles. The normalized spacial score (nSPS) is 35.2. The van der Waals surface area contributed by atoms with E-state index in [2.05, 4.69) is 26.1 Å². The summed E-state index contributed by atoms with van der Waals surface area (Å²) in [5.41, 5.74) is 0.112. The lowest BCUT2D eigenvalue weighted by Crippen LogP contribution is -2.50. The van der Waals surface area contributed by atoms with E-state index in [1.807, 2.05) is 0 Å². The van der Waals surface area contributed by atoms with Crippen molar-refractivity contribution in [2.45, 2.75) is 96.2 Å². The fourth-order valence-corrected chi connectivity index (χ4v) is 3.95. The molecule has 3 atom stereocenters. The van der Waals surface area contributed by atoms with Gasteiger partial charge in [0.25, 0.3) is 0 Å². The van der Waals surface area contributed by atoms with Crippen LogP contribution in [0.1, 0.15) is 78.6 Å². The summed E-state index contributed by atoms with van der Waals surface area (Å²) in [5.74, 6) is 0.925. The van der Waals surface area contributed by atoms with E-state index in [1.54, 1.807) is 0 Å². The van der Waals surface area contributed by atoms with E-state index in [4.69, 9.17) is 4.74 Å². The second kappa shape index (κ2) is 7.08. The SMILES string of the molecule is CCC(NC1CCOC(C)(CC)C1)C1CCCCC1. The third-order valence-corrected chi connectivity index (χ3v) is 5.45. The van der Waals surface area contributed by atoms with E-state index < -0.39 is 0 Å². The average molecular weight is 267 g/mol. The van der Waals surface area contributed by atoms with Crippen molar-refractivity contribution in [2.75, 3.05) is 6.61 Å². The predicted molar refractivity (Wildman–Crippen MR) is 81.5 cm³/mol. The Labute approximate surface area is 119 Å². The Kier molecular flexibility index (Phi) is 5.70. The quantitative estimate of drug-likeness (QED) is 0.802. The van der Waals surface area contributed by atoms with Crippen LogP contribution in [0.4, 0.5) is 0 Å². The highest BCUT2D eigenvalue weighted by Gasteiger charge is 2.33. The third-order valence-electron chi connectivity index (χ3n) is 5.45. The van der Waals surface area contributed by atoms with Gasteiger partial charge in [-0.3, -0.25) is 0 Å². The van der Waals surface area contributed by atoms with Gasteiger partial charge in [-0.2, -0.15) is 0 Å². The first kappa shape index (κ1) is 15.3. The second-order valence-electron chi connectivity index (χ2n) is 6.92. The molecule has 1 aliphatic carbocycles. The first-order chi connectivity index (χ1) is 9.17. The van der Waals surface area contributed by atoms with Gasteiger partial charge < -0.3 is 10.1 Å². The summed E-state index contributed by atoms with van der Waals surface area (Å²) in [6.45, 7) is 7.82. The summed E-state index contributed by atoms with van der Waals surface area (Å²) in [5, 5.41) is 3.98. The van der Waals surface area contributed by atoms with Crippen molar-refractivity contribution < 1.29 is 4.74 Å². The van der Waals surface area contributed by atoms with Crippen LogP contribution in [0.25, 0.3) is 0 Å². The highest BCUT2D eigenvalue weighted by atomic mass is 16.5. The van der Waals surface area contributed by atoms with Crippen molar-refractivity contribution in [1.29, 1.82) is 0 Å². The number of ether oxygens (including phenoxy) is 1. The highest BCUT2D eigenvalue weighted by molar-refractivity contribution is 4.89. The molecule has 0 spiro atoms. The Morgan fingerprint density at radius 1 is 1.16 bits per heavy atom. The molecule has 1 N–H and O–H groups in total. The molecule has 0 radical (unpaired) electrons. The highest BCUT2D eigenvalue weighted by Crippen LogP contribution is 2.31. The Bertz CT molecular complexity index is 262. The molecule has 1 saturated carbocycles. The molecule has 0 amide bonds. The smallest absolute Gasteiger partial charge is 0.0666 e. The van der Waals surface area contributed by atoms with E-state index in [1.165, 1.54) is 51.4 Å². The summed E-state index contributed by atoms with van der Waals surface area (Å²) >= 11 is 0. The Morgan fingerprint density at radius 2 is 1.89 bits per heavy atom. The maximum Gasteiger partial charge on any atom is 0.0666 e. The lowest BCUT2D eigenvalue weighted by Gasteiger charge is -2.41. The minimum atomic E-state index is 0.112. The third kappa shape index (κ3) is 4.19. The molecule has 2 aliphatic rings. The maximum atomic E-state index is 5.97. The lowest BCUT2D eigenvalue weighted by atomic mass is 9.81. The molecule has 2 fully saturated rings. The number of hydrogen-bond acceptors (Lipinski definition) is 2. The molecule has 2 nitrogen and oxygen atoms in total. The monoisotopic (exact) mass is 267 g/mol. The van der Waals surface area contributed by atoms with Gasteiger partial charge >= 0.3 is 0 Å². The fraction of sp³-hybridized carbons (Fsp3) is 1.00. The summed E-state index contributed by atoms with van der Waals surface area (Å²) in [6, 6.07) is 1.41. The minimum Gasteiger partial charge on any atom is -0.375 e. The Hall–Kier alpha value is -0.0800. The summed E-state index contributed by atoms with van der Waals surface area (Å²) < 4.78 is 5.97. The topological polar surface area (TPSA) is 21.3 Å². The van der Waals surface area contributed by atoms with Gasteiger partial charge in [0.05, 0.1) is 5.60 Å². The first-order valence-corrected chi connectivity index (χ1v) is 8.57. The fourth-order valence-electron chi connectivity index (χ4n) is 3.95. The van der Waals surface area contributed by atoms with Gasteiger partial charge in [0, 0.05) is 18.7 Å². The van der Waals surface area contributed by atoms with E-state index in [0.29, 0.717) is 6.04 Å². The van der Waals surface area contributed by atoms with Crippen molar-refractivity contribution in [1.82, 2.24) is 5.32 Å². The molecule has 19 heavy (non-hydrogen) atoms. The summed E-state index contributed by atoms with van der Waals surface area (Å²) in [4.78, 5) is 0. The first-order valence-electron chi connectivity index (χ1n) is 8.57. The molecular weight excluding hydrogens is 234 g/mol. The van der Waals surface area contributed by atoms with Gasteiger partial charge in [-0.25, -0.2) is 0 Å². The van der Waals surface area contributed by atoms with Crippen LogP contribution in [-0.4, -0.2) is 24.3 Å². The van der Waals surface area contributed by atoms with Crippen LogP contribution >= 0.6 is 0 Å². The molecule has 1 aliphatic heterocycles. The van der Waals surface area contributed by atoms with Gasteiger partial charge in [-0.05, 0) is 51.4 Å². The molecule has 0 aromatic rings. The van der Waals surface area contributed by atoms with Crippen molar-refractivity contribution in [2.24, 2.45) is 5.92 Å². The number of nitrogens with one attached hydrogen (secondary N) is 1. The van der Waals surface area contributed by atoms with Crippen molar-refractivity contribution in [3.05, 3.63) is 0 Å². The van der Waals surface area contributed by atoms with Crippen molar-refractivity contribution >= 4 is 0 Å². The van der Waals surface area contributed by atoms with E-state index in [0.717, 1.165) is 25.0 Å². The molecule has 0 bridgehead atoms. The zero-order valence-corrected chi connectivity index (χ0v) is 13.2. The van der Waals surface area contributed by atoms with Gasteiger partial charge in [-0.15, -0.1) is 0 Å². The molecule has 3 unspecified atom stereocenters. The van der Waals surface area contributed by atoms with Gasteiger partial charge in [0.15, 0.2) is 0 Å². The zero-order valence-electron chi connectivity index (χ0n) is 13.2. The van der Waals surface area contributed by atoms with E-state index in [-0.39, 0.29) is 5.60 Å². The molecule has 0 aromatic carbocycles. The maximum absolute atomic E-state index is 5.97. The molecular formula is C17H33NO. The van der Waals surface area contributed by atoms with Crippen molar-refractivity contribution in [3.8, 4) is 0 Å². The molecule has 112 valence electrons. The minimum absolute atomic E-state index is 0.112. The standard InChI is InChI=1S/C17H33NO/c1-4-16(14-9-7-6-8-10-14)18-15-11-12-19-17(3,5-2)13-15/h14-16,18H,4-13H2,1-3H3. The van der Waals surface area contributed by atoms with Crippen LogP contribution in [-0.2, 0) is 4.74 Å². The second-order valence-corrected chi connectivity index (χ2v) is 6.92. The number of rotatable bonds is 5. The molecule has 1 heterocycles. The molecule has 2 rings (SSSR count). The summed E-state index contributed by atoms with van der Waals surface area (Å²) in [6.07, 6.45) is 12.0. The lowest BCUT2D eigenvalue weighted by molar-refractivity contribution is -0.0800. The van der Waals surface area contributed by atoms with Crippen LogP contribution in [0.2, 0.25) is 0 Å². The van der Waals surface area contributed by atoms with Crippen LogP contribution in [0, 0.1) is 5.92 Å². The van der Waals surface area contributed by atoms with Crippen LogP contribution in [0.15, 0.2) is 0 Å². The summed E-state index contributed by atoms with van der Waals surface area (Å²) in [7, 11) is 0. The van der Waals surface area contributed by atoms with E-state index >= 15 is 0 Å². The predicted octanol–water partition coefficient (Wildman–Crippen LogP) is 4.28. The zero-order chi connectivity index (χ0) is 13.7. The van der Waals surface area contributed by atoms with Gasteiger partial charge in [0.2, 0.25) is 0 Å². The van der Waals surface area contributed by atoms with Gasteiger partial charge in [0.1, 0.15) is 0 Å². The Morgan fingerprint density at radius 3 is 2.53 bits per heavy atom. The molecule has 2 heteroatoms. The van der Waals surface area contributed by atoms with E-state index in [9.17, 15) is 0 Å². The van der Waals surface area contributed by atoms with Crippen molar-refractivity contribution in [3.63, 3.8) is 0 Å². The average Bonchev–Trinajstić information content (AvgIpc) is 2.46. The van der Waals surface area contributed by atoms with Gasteiger partial charge in [-0.1, -0.05) is 33.1 Å². The number of hydrogen-bond donors (Lipinski definition) is 1. The Balaban J connectivity index is 1.86. The molecule has 0 aromatic heterocycles.